The van der Waals surface area contributed by atoms with Crippen LogP contribution in [0, 0.1) is 0 Å². The van der Waals surface area contributed by atoms with Gasteiger partial charge >= 0.3 is 5.91 Å². The quantitative estimate of drug-likeness (QED) is 0.309. The van der Waals surface area contributed by atoms with E-state index in [-0.39, 0.29) is 18.3 Å². The van der Waals surface area contributed by atoms with Crippen molar-refractivity contribution in [2.45, 2.75) is 0 Å². The van der Waals surface area contributed by atoms with Gasteiger partial charge in [0.15, 0.2) is 12.4 Å². The molecule has 0 unspecified atom stereocenters. The van der Waals surface area contributed by atoms with E-state index < -0.39 is 0 Å². The van der Waals surface area contributed by atoms with Crippen molar-refractivity contribution in [2.75, 3.05) is 0 Å². The molecule has 0 aliphatic rings. The molecule has 0 aliphatic heterocycles. The van der Waals surface area contributed by atoms with Gasteiger partial charge in [-0.2, -0.15) is 0 Å². The summed E-state index contributed by atoms with van der Waals surface area (Å²) in [7, 11) is 0. The first kappa shape index (κ1) is 13.9. The first-order valence-electron chi connectivity index (χ1n) is 5.10. The van der Waals surface area contributed by atoms with Crippen LogP contribution in [0.4, 0.5) is 0 Å². The van der Waals surface area contributed by atoms with E-state index in [1.165, 1.54) is 10.8 Å². The van der Waals surface area contributed by atoms with Gasteiger partial charge in [-0.25, -0.2) is 4.79 Å². The van der Waals surface area contributed by atoms with Crippen LogP contribution in [0.15, 0.2) is 60.0 Å². The standard InChI is InChI=1S/C13H10N2O2.ClH/c16-13(12-4-2-1-3-5-12)15-8-6-11(7-9-15)10-14-17;/h1-10H;1H. The first-order chi connectivity index (χ1) is 8.31. The molecule has 18 heavy (non-hydrogen) atoms. The molecule has 1 aromatic carbocycles. The average Bonchev–Trinajstić information content (AvgIpc) is 2.40. The smallest absolute Gasteiger partial charge is 0.424 e. The fourth-order valence-corrected chi connectivity index (χ4v) is 1.46. The number of carbonyl (C=O) groups is 1. The average molecular weight is 263 g/mol. The number of benzene rings is 1. The van der Waals surface area contributed by atoms with Crippen molar-refractivity contribution in [3.05, 3.63) is 66.0 Å². The number of rotatable bonds is 2. The van der Waals surface area contributed by atoms with E-state index in [0.29, 0.717) is 5.56 Å². The third-order valence-corrected chi connectivity index (χ3v) is 2.32. The van der Waals surface area contributed by atoms with Crippen molar-refractivity contribution in [3.8, 4) is 0 Å². The number of hydrogen-bond donors (Lipinski definition) is 1. The van der Waals surface area contributed by atoms with Gasteiger partial charge in [0.2, 0.25) is 0 Å². The maximum atomic E-state index is 12.0. The van der Waals surface area contributed by atoms with Gasteiger partial charge < -0.3 is 17.6 Å². The molecule has 0 bridgehead atoms. The van der Waals surface area contributed by atoms with Crippen LogP contribution in [-0.4, -0.2) is 17.3 Å². The lowest BCUT2D eigenvalue weighted by Crippen LogP contribution is -3.00. The molecule has 0 amide bonds. The molecular formula is C13H11ClN2O2. The molecule has 0 fully saturated rings. The third kappa shape index (κ3) is 3.15. The van der Waals surface area contributed by atoms with Crippen LogP contribution in [0.3, 0.4) is 0 Å². The monoisotopic (exact) mass is 262 g/mol. The fourth-order valence-electron chi connectivity index (χ4n) is 1.46. The summed E-state index contributed by atoms with van der Waals surface area (Å²) in [5.74, 6) is -0.0990. The molecule has 1 heterocycles. The van der Waals surface area contributed by atoms with Gasteiger partial charge in [0.05, 0.1) is 11.8 Å². The second-order valence-electron chi connectivity index (χ2n) is 3.45. The minimum absolute atomic E-state index is 0. The Kier molecular flexibility index (Phi) is 5.02. The second kappa shape index (κ2) is 6.51. The highest BCUT2D eigenvalue weighted by atomic mass is 35.5. The molecule has 0 spiro atoms. The zero-order chi connectivity index (χ0) is 12.1. The predicted molar refractivity (Wildman–Crippen MR) is 62.2 cm³/mol. The summed E-state index contributed by atoms with van der Waals surface area (Å²) in [6, 6.07) is 12.4. The SMILES string of the molecule is O=C(c1ccccc1)[n+]1ccc(/C=N/O)cc1.[Cl-]. The molecule has 92 valence electrons. The number of nitrogens with zero attached hydrogens (tertiary/aromatic N) is 2. The van der Waals surface area contributed by atoms with Crippen LogP contribution in [0.5, 0.6) is 0 Å². The zero-order valence-corrected chi connectivity index (χ0v) is 10.2. The molecule has 0 saturated heterocycles. The van der Waals surface area contributed by atoms with Gasteiger partial charge in [-0.1, -0.05) is 23.4 Å². The van der Waals surface area contributed by atoms with Crippen LogP contribution in [-0.2, 0) is 0 Å². The summed E-state index contributed by atoms with van der Waals surface area (Å²) >= 11 is 0. The summed E-state index contributed by atoms with van der Waals surface area (Å²) in [6.45, 7) is 0. The van der Waals surface area contributed by atoms with Gasteiger partial charge in [-0.3, -0.25) is 0 Å². The Labute approximate surface area is 111 Å². The normalized spacial score (nSPS) is 10.0. The third-order valence-electron chi connectivity index (χ3n) is 2.32. The van der Waals surface area contributed by atoms with Gasteiger partial charge in [0.1, 0.15) is 0 Å². The molecular weight excluding hydrogens is 252 g/mol. The molecule has 1 N–H and O–H groups in total. The number of aromatic nitrogens is 1. The summed E-state index contributed by atoms with van der Waals surface area (Å²) in [4.78, 5) is 12.0. The molecule has 0 aliphatic carbocycles. The van der Waals surface area contributed by atoms with Crippen LogP contribution >= 0.6 is 0 Å². The fraction of sp³-hybridized carbons (Fsp3) is 0. The topological polar surface area (TPSA) is 53.5 Å². The number of oxime groups is 1. The maximum Gasteiger partial charge on any atom is 0.424 e. The summed E-state index contributed by atoms with van der Waals surface area (Å²) < 4.78 is 1.48. The van der Waals surface area contributed by atoms with E-state index in [9.17, 15) is 4.79 Å². The molecule has 5 heteroatoms. The van der Waals surface area contributed by atoms with Crippen molar-refractivity contribution in [2.24, 2.45) is 5.16 Å². The minimum atomic E-state index is -0.0990. The number of hydrogen-bond acceptors (Lipinski definition) is 3. The lowest BCUT2D eigenvalue weighted by atomic mass is 10.2. The Hall–Kier alpha value is -2.20. The van der Waals surface area contributed by atoms with Gasteiger partial charge in [-0.05, 0) is 12.1 Å². The number of pyridine rings is 1. The Morgan fingerprint density at radius 1 is 1.11 bits per heavy atom. The van der Waals surface area contributed by atoms with Crippen LogP contribution in [0.1, 0.15) is 15.9 Å². The largest absolute Gasteiger partial charge is 1.00 e. The van der Waals surface area contributed by atoms with Crippen molar-refractivity contribution in [1.29, 1.82) is 0 Å². The van der Waals surface area contributed by atoms with E-state index in [1.807, 2.05) is 18.2 Å². The second-order valence-corrected chi connectivity index (χ2v) is 3.45. The van der Waals surface area contributed by atoms with Crippen LogP contribution in [0.2, 0.25) is 0 Å². The molecule has 4 nitrogen and oxygen atoms in total. The molecule has 1 aromatic heterocycles. The van der Waals surface area contributed by atoms with E-state index in [1.54, 1.807) is 36.7 Å². The Bertz CT molecular complexity index is 539. The van der Waals surface area contributed by atoms with Crippen LogP contribution < -0.4 is 17.0 Å². The van der Waals surface area contributed by atoms with Crippen molar-refractivity contribution < 1.29 is 27.0 Å². The Balaban J connectivity index is 0.00000162. The van der Waals surface area contributed by atoms with Gasteiger partial charge in [-0.15, -0.1) is 4.57 Å². The summed E-state index contributed by atoms with van der Waals surface area (Å²) in [5, 5.41) is 11.3. The minimum Gasteiger partial charge on any atom is -1.00 e. The Morgan fingerprint density at radius 3 is 2.28 bits per heavy atom. The summed E-state index contributed by atoms with van der Waals surface area (Å²) in [5.41, 5.74) is 1.35. The van der Waals surface area contributed by atoms with E-state index in [2.05, 4.69) is 5.16 Å². The van der Waals surface area contributed by atoms with E-state index in [0.717, 1.165) is 5.56 Å². The molecule has 0 atom stereocenters. The molecule has 0 saturated carbocycles. The van der Waals surface area contributed by atoms with E-state index >= 15 is 0 Å². The molecule has 2 rings (SSSR count). The molecule has 0 radical (unpaired) electrons. The lowest BCUT2D eigenvalue weighted by molar-refractivity contribution is -0.570. The Morgan fingerprint density at radius 2 is 1.72 bits per heavy atom. The zero-order valence-electron chi connectivity index (χ0n) is 9.40. The van der Waals surface area contributed by atoms with E-state index in [4.69, 9.17) is 5.21 Å². The highest BCUT2D eigenvalue weighted by molar-refractivity contribution is 5.87. The maximum absolute atomic E-state index is 12.0. The van der Waals surface area contributed by atoms with Crippen molar-refractivity contribution in [1.82, 2.24) is 0 Å². The number of halogens is 1. The van der Waals surface area contributed by atoms with Gasteiger partial charge in [0, 0.05) is 17.7 Å². The van der Waals surface area contributed by atoms with Gasteiger partial charge in [0.25, 0.3) is 0 Å². The van der Waals surface area contributed by atoms with Crippen molar-refractivity contribution in [3.63, 3.8) is 0 Å². The highest BCUT2D eigenvalue weighted by Gasteiger charge is 2.15. The first-order valence-corrected chi connectivity index (χ1v) is 5.10. The van der Waals surface area contributed by atoms with Crippen LogP contribution in [0.25, 0.3) is 0 Å². The predicted octanol–water partition coefficient (Wildman–Crippen LogP) is -1.53. The lowest BCUT2D eigenvalue weighted by Gasteiger charge is -1.95. The highest BCUT2D eigenvalue weighted by Crippen LogP contribution is 1.98. The molecule has 2 aromatic rings. The number of carbonyl (C=O) groups excluding carboxylic acids is 1. The van der Waals surface area contributed by atoms with Crippen molar-refractivity contribution >= 4 is 12.1 Å². The summed E-state index contributed by atoms with van der Waals surface area (Å²) in [6.07, 6.45) is 4.57.